The molecule has 32 heavy (non-hydrogen) atoms. The Morgan fingerprint density at radius 2 is 1.72 bits per heavy atom. The Labute approximate surface area is 188 Å². The van der Waals surface area contributed by atoms with Crippen molar-refractivity contribution in [2.45, 2.75) is 6.92 Å². The van der Waals surface area contributed by atoms with Gasteiger partial charge in [-0.2, -0.15) is 0 Å². The Morgan fingerprint density at radius 1 is 1.00 bits per heavy atom. The summed E-state index contributed by atoms with van der Waals surface area (Å²) >= 11 is 0. The first-order valence-electron chi connectivity index (χ1n) is 10.4. The van der Waals surface area contributed by atoms with Crippen LogP contribution in [0, 0.1) is 0 Å². The molecule has 0 aliphatic carbocycles. The monoisotopic (exact) mass is 439 g/mol. The second kappa shape index (κ2) is 10.7. The molecule has 0 saturated carbocycles. The van der Waals surface area contributed by atoms with E-state index in [0.29, 0.717) is 53.5 Å². The van der Waals surface area contributed by atoms with Gasteiger partial charge in [0.15, 0.2) is 17.1 Å². The molecule has 0 radical (unpaired) electrons. The molecule has 0 saturated heterocycles. The van der Waals surface area contributed by atoms with E-state index in [-0.39, 0.29) is 5.78 Å². The van der Waals surface area contributed by atoms with Gasteiger partial charge in [0, 0.05) is 6.54 Å². The van der Waals surface area contributed by atoms with Crippen molar-refractivity contribution in [3.8, 4) is 23.0 Å². The first kappa shape index (κ1) is 23.2. The van der Waals surface area contributed by atoms with Gasteiger partial charge in [-0.25, -0.2) is 0 Å². The molecule has 3 rings (SSSR count). The van der Waals surface area contributed by atoms with Crippen LogP contribution < -0.4 is 18.9 Å². The van der Waals surface area contributed by atoms with Crippen molar-refractivity contribution in [1.82, 2.24) is 4.90 Å². The number of nitrogens with zero attached hydrogens (tertiary/aromatic N) is 1. The Hall–Kier alpha value is -3.45. The first-order chi connectivity index (χ1) is 15.5. The molecule has 2 aromatic carbocycles. The predicted octanol–water partition coefficient (Wildman–Crippen LogP) is 4.69. The number of likely N-dealkylation sites (N-methyl/N-ethyl adjacent to an activating group) is 1. The molecule has 170 valence electrons. The van der Waals surface area contributed by atoms with E-state index in [4.69, 9.17) is 23.4 Å². The number of hydrogen-bond donors (Lipinski definition) is 0. The highest BCUT2D eigenvalue weighted by Gasteiger charge is 2.28. The number of methoxy groups -OCH3 is 2. The minimum Gasteiger partial charge on any atom is -0.495 e. The quantitative estimate of drug-likeness (QED) is 0.317. The average Bonchev–Trinajstić information content (AvgIpc) is 3.27. The summed E-state index contributed by atoms with van der Waals surface area (Å²) in [7, 11) is 6.93. The number of ketones is 1. The topological polar surface area (TPSA) is 70.4 Å². The number of ether oxygens (including phenoxy) is 4. The molecule has 0 aliphatic rings. The van der Waals surface area contributed by atoms with E-state index in [2.05, 4.69) is 0 Å². The molecule has 0 unspecified atom stereocenters. The minimum absolute atomic E-state index is 0.267. The lowest BCUT2D eigenvalue weighted by Gasteiger charge is -2.18. The first-order valence-corrected chi connectivity index (χ1v) is 10.4. The van der Waals surface area contributed by atoms with Crippen molar-refractivity contribution in [2.75, 3.05) is 48.1 Å². The van der Waals surface area contributed by atoms with Crippen molar-refractivity contribution in [1.29, 1.82) is 0 Å². The third-order valence-corrected chi connectivity index (χ3v) is 4.83. The van der Waals surface area contributed by atoms with Crippen LogP contribution in [0.15, 0.2) is 47.1 Å². The summed E-state index contributed by atoms with van der Waals surface area (Å²) in [5.41, 5.74) is 1.63. The lowest BCUT2D eigenvalue weighted by Crippen LogP contribution is -2.20. The molecule has 0 bridgehead atoms. The second-order valence-electron chi connectivity index (χ2n) is 7.29. The average molecular weight is 440 g/mol. The molecule has 1 aromatic heterocycles. The van der Waals surface area contributed by atoms with Gasteiger partial charge in [-0.1, -0.05) is 18.2 Å². The van der Waals surface area contributed by atoms with Crippen LogP contribution in [0.25, 0.3) is 17.0 Å². The Kier molecular flexibility index (Phi) is 7.78. The van der Waals surface area contributed by atoms with Gasteiger partial charge in [-0.15, -0.1) is 0 Å². The zero-order valence-electron chi connectivity index (χ0n) is 19.1. The Morgan fingerprint density at radius 3 is 2.34 bits per heavy atom. The summed E-state index contributed by atoms with van der Waals surface area (Å²) in [6.07, 6.45) is 4.77. The fourth-order valence-electron chi connectivity index (χ4n) is 3.30. The largest absolute Gasteiger partial charge is 0.495 e. The summed E-state index contributed by atoms with van der Waals surface area (Å²) < 4.78 is 28.3. The number of hydrogen-bond acceptors (Lipinski definition) is 7. The van der Waals surface area contributed by atoms with Crippen molar-refractivity contribution in [2.24, 2.45) is 0 Å². The fraction of sp³-hybridized carbons (Fsp3) is 0.320. The third kappa shape index (κ3) is 5.06. The molecule has 0 spiro atoms. The highest BCUT2D eigenvalue weighted by Crippen LogP contribution is 2.46. The van der Waals surface area contributed by atoms with Crippen LogP contribution in [0.3, 0.4) is 0 Å². The van der Waals surface area contributed by atoms with Gasteiger partial charge >= 0.3 is 0 Å². The minimum atomic E-state index is -0.267. The fourth-order valence-corrected chi connectivity index (χ4v) is 3.30. The van der Waals surface area contributed by atoms with Gasteiger partial charge in [-0.3, -0.25) is 4.79 Å². The maximum Gasteiger partial charge on any atom is 0.205 e. The van der Waals surface area contributed by atoms with Gasteiger partial charge in [0.25, 0.3) is 0 Å². The van der Waals surface area contributed by atoms with Crippen LogP contribution in [0.1, 0.15) is 22.8 Å². The van der Waals surface area contributed by atoms with E-state index in [9.17, 15) is 4.79 Å². The van der Waals surface area contributed by atoms with E-state index < -0.39 is 0 Å². The standard InChI is InChI=1S/C25H29NO6/c1-6-30-18-10-7-17(8-11-18)9-12-20(27)21-22(28-4)19-13-15-31-23(19)25(29-5)24(21)32-16-14-26(2)3/h7-13,15H,6,14,16H2,1-5H3/b12-9+. The SMILES string of the molecule is CCOc1ccc(/C=C/C(=O)c2c(OCCN(C)C)c(OC)c3occc3c2OC)cc1. The van der Waals surface area contributed by atoms with Crippen LogP contribution in [0.5, 0.6) is 23.0 Å². The summed E-state index contributed by atoms with van der Waals surface area (Å²) in [5.74, 6) is 1.56. The van der Waals surface area contributed by atoms with Crippen molar-refractivity contribution in [3.63, 3.8) is 0 Å². The molecule has 0 atom stereocenters. The van der Waals surface area contributed by atoms with Crippen molar-refractivity contribution in [3.05, 3.63) is 53.8 Å². The van der Waals surface area contributed by atoms with Gasteiger partial charge < -0.3 is 28.3 Å². The summed E-state index contributed by atoms with van der Waals surface area (Å²) in [6.45, 7) is 3.56. The highest BCUT2D eigenvalue weighted by molar-refractivity contribution is 6.15. The molecule has 7 nitrogen and oxygen atoms in total. The van der Waals surface area contributed by atoms with Crippen LogP contribution >= 0.6 is 0 Å². The Balaban J connectivity index is 2.02. The van der Waals surface area contributed by atoms with Crippen LogP contribution in [-0.4, -0.2) is 58.8 Å². The second-order valence-corrected chi connectivity index (χ2v) is 7.29. The number of fused-ring (bicyclic) bond motifs is 1. The van der Waals surface area contributed by atoms with Crippen molar-refractivity contribution < 1.29 is 28.2 Å². The Bertz CT molecular complexity index is 1080. The smallest absolute Gasteiger partial charge is 0.205 e. The molecule has 0 N–H and O–H groups in total. The zero-order chi connectivity index (χ0) is 23.1. The van der Waals surface area contributed by atoms with E-state index in [1.165, 1.54) is 26.6 Å². The molecule has 3 aromatic rings. The summed E-state index contributed by atoms with van der Waals surface area (Å²) in [4.78, 5) is 15.3. The third-order valence-electron chi connectivity index (χ3n) is 4.83. The normalized spacial score (nSPS) is 11.3. The predicted molar refractivity (Wildman–Crippen MR) is 124 cm³/mol. The number of carbonyl (C=O) groups excluding carboxylic acids is 1. The van der Waals surface area contributed by atoms with Crippen molar-refractivity contribution >= 4 is 22.8 Å². The van der Waals surface area contributed by atoms with Crippen LogP contribution in [-0.2, 0) is 0 Å². The van der Waals surface area contributed by atoms with Gasteiger partial charge in [0.05, 0.1) is 32.5 Å². The van der Waals surface area contributed by atoms with Crippen LogP contribution in [0.2, 0.25) is 0 Å². The number of rotatable bonds is 11. The molecule has 1 heterocycles. The number of furan rings is 1. The molecule has 7 heteroatoms. The number of carbonyl (C=O) groups is 1. The highest BCUT2D eigenvalue weighted by atomic mass is 16.5. The van der Waals surface area contributed by atoms with E-state index in [1.54, 1.807) is 12.1 Å². The van der Waals surface area contributed by atoms with Gasteiger partial charge in [-0.05, 0) is 50.9 Å². The summed E-state index contributed by atoms with van der Waals surface area (Å²) in [5, 5.41) is 0.641. The number of allylic oxidation sites excluding steroid dienone is 1. The van der Waals surface area contributed by atoms with E-state index in [0.717, 1.165) is 11.3 Å². The van der Waals surface area contributed by atoms with Gasteiger partial charge in [0.1, 0.15) is 23.7 Å². The zero-order valence-corrected chi connectivity index (χ0v) is 19.1. The van der Waals surface area contributed by atoms with E-state index in [1.807, 2.05) is 50.2 Å². The molecule has 0 amide bonds. The molecule has 0 fully saturated rings. The maximum atomic E-state index is 13.4. The maximum absolute atomic E-state index is 13.4. The van der Waals surface area contributed by atoms with Crippen LogP contribution in [0.4, 0.5) is 0 Å². The molecular weight excluding hydrogens is 410 g/mol. The lowest BCUT2D eigenvalue weighted by atomic mass is 10.0. The van der Waals surface area contributed by atoms with E-state index >= 15 is 0 Å². The lowest BCUT2D eigenvalue weighted by molar-refractivity contribution is 0.104. The summed E-state index contributed by atoms with van der Waals surface area (Å²) in [6, 6.07) is 9.25. The number of benzene rings is 2. The molecule has 0 aliphatic heterocycles. The van der Waals surface area contributed by atoms with Gasteiger partial charge in [0.2, 0.25) is 5.75 Å². The molecular formula is C25H29NO6.